The molecular weight excluding hydrogens is 546 g/mol. The Kier molecular flexibility index (Phi) is 9.72. The second-order valence-electron chi connectivity index (χ2n) is 8.68. The van der Waals surface area contributed by atoms with E-state index in [0.717, 1.165) is 11.1 Å². The highest BCUT2D eigenvalue weighted by atomic mass is 32.2. The van der Waals surface area contributed by atoms with Gasteiger partial charge in [-0.15, -0.1) is 11.8 Å². The van der Waals surface area contributed by atoms with Gasteiger partial charge in [-0.1, -0.05) is 42.5 Å². The van der Waals surface area contributed by atoms with Crippen molar-refractivity contribution in [3.05, 3.63) is 107 Å². The number of methoxy groups -OCH3 is 3. The number of thioether (sulfide) groups is 1. The lowest BCUT2D eigenvalue weighted by Crippen LogP contribution is -2.00. The Morgan fingerprint density at radius 3 is 2.32 bits per heavy atom. The lowest BCUT2D eigenvalue weighted by molar-refractivity contribution is 0.104. The molecule has 1 heterocycles. The number of ketones is 1. The molecule has 208 valence electrons. The van der Waals surface area contributed by atoms with E-state index < -0.39 is 12.1 Å². The van der Waals surface area contributed by atoms with Crippen molar-refractivity contribution in [3.8, 4) is 34.4 Å². The molecule has 4 aromatic rings. The van der Waals surface area contributed by atoms with Crippen LogP contribution in [0.1, 0.15) is 39.2 Å². The lowest BCUT2D eigenvalue weighted by atomic mass is 10.0. The zero-order chi connectivity index (χ0) is 29.4. The number of pyridine rings is 1. The van der Waals surface area contributed by atoms with E-state index in [1.807, 2.05) is 12.1 Å². The second-order valence-corrected chi connectivity index (χ2v) is 9.64. The van der Waals surface area contributed by atoms with Crippen molar-refractivity contribution >= 4 is 23.6 Å². The molecule has 0 spiro atoms. The fourth-order valence-electron chi connectivity index (χ4n) is 4.13. The number of benzene rings is 3. The van der Waals surface area contributed by atoms with Crippen molar-refractivity contribution < 1.29 is 27.8 Å². The van der Waals surface area contributed by atoms with Crippen molar-refractivity contribution in [2.24, 2.45) is 0 Å². The maximum absolute atomic E-state index is 13.7. The number of aromatic nitrogens is 1. The molecule has 0 unspecified atom stereocenters. The van der Waals surface area contributed by atoms with Gasteiger partial charge in [0.25, 0.3) is 6.43 Å². The normalized spacial score (nSPS) is 11.0. The molecular formula is C32H26F2N2O4S. The molecule has 0 aliphatic heterocycles. The van der Waals surface area contributed by atoms with E-state index in [4.69, 9.17) is 14.2 Å². The van der Waals surface area contributed by atoms with Crippen molar-refractivity contribution in [1.29, 1.82) is 5.26 Å². The van der Waals surface area contributed by atoms with Gasteiger partial charge in [-0.25, -0.2) is 13.8 Å². The van der Waals surface area contributed by atoms with Crippen LogP contribution in [0.2, 0.25) is 0 Å². The highest BCUT2D eigenvalue weighted by Crippen LogP contribution is 2.36. The number of hydrogen-bond donors (Lipinski definition) is 0. The van der Waals surface area contributed by atoms with Crippen molar-refractivity contribution in [2.45, 2.75) is 17.2 Å². The highest BCUT2D eigenvalue weighted by Gasteiger charge is 2.20. The fraction of sp³-hybridized carbons (Fsp3) is 0.156. The van der Waals surface area contributed by atoms with Gasteiger partial charge in [-0.2, -0.15) is 5.26 Å². The van der Waals surface area contributed by atoms with Crippen molar-refractivity contribution in [2.75, 3.05) is 21.3 Å². The Morgan fingerprint density at radius 1 is 0.951 bits per heavy atom. The van der Waals surface area contributed by atoms with E-state index in [1.54, 1.807) is 60.7 Å². The van der Waals surface area contributed by atoms with Gasteiger partial charge in [0.05, 0.1) is 26.9 Å². The SMILES string of the molecule is COc1ccc(/C=C/C(=O)c2ccc(OC)c(OC)c2)cc1CSc1nc(C(F)F)cc(-c2ccccc2)c1C#N. The highest BCUT2D eigenvalue weighted by molar-refractivity contribution is 7.98. The van der Waals surface area contributed by atoms with Crippen LogP contribution in [-0.4, -0.2) is 32.1 Å². The number of nitrogens with zero attached hydrogens (tertiary/aromatic N) is 2. The maximum Gasteiger partial charge on any atom is 0.280 e. The number of nitriles is 1. The molecule has 0 saturated carbocycles. The first kappa shape index (κ1) is 29.3. The number of ether oxygens (including phenoxy) is 3. The molecule has 6 nitrogen and oxygen atoms in total. The number of carbonyl (C=O) groups excluding carboxylic acids is 1. The number of alkyl halides is 2. The smallest absolute Gasteiger partial charge is 0.280 e. The Hall–Kier alpha value is -4.68. The third-order valence-electron chi connectivity index (χ3n) is 6.19. The van der Waals surface area contributed by atoms with Gasteiger partial charge in [-0.05, 0) is 53.6 Å². The molecule has 0 radical (unpaired) electrons. The van der Waals surface area contributed by atoms with Crippen molar-refractivity contribution in [3.63, 3.8) is 0 Å². The average Bonchev–Trinajstić information content (AvgIpc) is 3.01. The molecule has 0 atom stereocenters. The fourth-order valence-corrected chi connectivity index (χ4v) is 5.12. The van der Waals surface area contributed by atoms with Crippen LogP contribution in [0.15, 0.2) is 83.9 Å². The van der Waals surface area contributed by atoms with Crippen molar-refractivity contribution in [1.82, 2.24) is 4.98 Å². The van der Waals surface area contributed by atoms with Crippen LogP contribution in [0.3, 0.4) is 0 Å². The number of rotatable bonds is 11. The first-order chi connectivity index (χ1) is 19.9. The lowest BCUT2D eigenvalue weighted by Gasteiger charge is -2.13. The van der Waals surface area contributed by atoms with E-state index in [9.17, 15) is 18.8 Å². The van der Waals surface area contributed by atoms with E-state index in [2.05, 4.69) is 11.1 Å². The summed E-state index contributed by atoms with van der Waals surface area (Å²) in [5.41, 5.74) is 2.79. The summed E-state index contributed by atoms with van der Waals surface area (Å²) < 4.78 is 43.5. The molecule has 0 N–H and O–H groups in total. The Morgan fingerprint density at radius 2 is 1.66 bits per heavy atom. The third kappa shape index (κ3) is 6.91. The first-order valence-corrected chi connectivity index (χ1v) is 13.4. The van der Waals surface area contributed by atoms with Gasteiger partial charge in [0.2, 0.25) is 0 Å². The second kappa shape index (κ2) is 13.6. The number of halogens is 2. The number of allylic oxidation sites excluding steroid dienone is 1. The summed E-state index contributed by atoms with van der Waals surface area (Å²) in [4.78, 5) is 16.9. The monoisotopic (exact) mass is 572 g/mol. The predicted molar refractivity (Wildman–Crippen MR) is 155 cm³/mol. The summed E-state index contributed by atoms with van der Waals surface area (Å²) in [6, 6.07) is 22.7. The standard InChI is InChI=1S/C32H26F2N2O4S/c1-38-28-13-10-20(9-12-27(37)22-11-14-29(39-2)30(16-22)40-3)15-23(28)19-41-32-25(18-35)24(17-26(36-32)31(33)34)21-7-5-4-6-8-21/h4-17,31H,19H2,1-3H3/b12-9+. The Labute approximate surface area is 241 Å². The van der Waals surface area contributed by atoms with Crippen LogP contribution in [0.25, 0.3) is 17.2 Å². The van der Waals surface area contributed by atoms with E-state index in [0.29, 0.717) is 33.9 Å². The molecule has 4 rings (SSSR count). The van der Waals surface area contributed by atoms with Gasteiger partial charge in [0, 0.05) is 22.4 Å². The van der Waals surface area contributed by atoms with Crippen LogP contribution >= 0.6 is 11.8 Å². The van der Waals surface area contributed by atoms with Gasteiger partial charge < -0.3 is 14.2 Å². The van der Waals surface area contributed by atoms with E-state index >= 15 is 0 Å². The molecule has 41 heavy (non-hydrogen) atoms. The minimum atomic E-state index is -2.80. The van der Waals surface area contributed by atoms with Crippen LogP contribution in [-0.2, 0) is 5.75 Å². The third-order valence-corrected chi connectivity index (χ3v) is 7.21. The van der Waals surface area contributed by atoms with E-state index in [-0.39, 0.29) is 22.1 Å². The summed E-state index contributed by atoms with van der Waals surface area (Å²) in [5.74, 6) is 1.61. The summed E-state index contributed by atoms with van der Waals surface area (Å²) in [6.07, 6.45) is 0.333. The van der Waals surface area contributed by atoms with Gasteiger partial charge >= 0.3 is 0 Å². The van der Waals surface area contributed by atoms with Crippen LogP contribution in [0, 0.1) is 11.3 Å². The molecule has 0 aliphatic carbocycles. The minimum absolute atomic E-state index is 0.204. The van der Waals surface area contributed by atoms with Gasteiger partial charge in [-0.3, -0.25) is 4.79 Å². The van der Waals surface area contributed by atoms with Crippen LogP contribution in [0.5, 0.6) is 17.2 Å². The molecule has 9 heteroatoms. The van der Waals surface area contributed by atoms with Gasteiger partial charge in [0.1, 0.15) is 22.5 Å². The van der Waals surface area contributed by atoms with Gasteiger partial charge in [0.15, 0.2) is 17.3 Å². The molecule has 0 amide bonds. The zero-order valence-corrected chi connectivity index (χ0v) is 23.4. The first-order valence-electron chi connectivity index (χ1n) is 12.4. The summed E-state index contributed by atoms with van der Waals surface area (Å²) in [5, 5.41) is 10.1. The average molecular weight is 573 g/mol. The minimum Gasteiger partial charge on any atom is -0.496 e. The zero-order valence-electron chi connectivity index (χ0n) is 22.6. The number of carbonyl (C=O) groups is 1. The largest absolute Gasteiger partial charge is 0.496 e. The Balaban J connectivity index is 1.61. The maximum atomic E-state index is 13.7. The molecule has 0 bridgehead atoms. The summed E-state index contributed by atoms with van der Waals surface area (Å²) >= 11 is 1.17. The number of hydrogen-bond acceptors (Lipinski definition) is 7. The molecule has 3 aromatic carbocycles. The van der Waals surface area contributed by atoms with Crippen LogP contribution in [0.4, 0.5) is 8.78 Å². The molecule has 0 saturated heterocycles. The summed E-state index contributed by atoms with van der Waals surface area (Å²) in [7, 11) is 4.55. The topological polar surface area (TPSA) is 81.4 Å². The van der Waals surface area contributed by atoms with Crippen LogP contribution < -0.4 is 14.2 Å². The molecule has 0 aliphatic rings. The summed E-state index contributed by atoms with van der Waals surface area (Å²) in [6.45, 7) is 0. The quantitative estimate of drug-likeness (QED) is 0.103. The molecule has 1 aromatic heterocycles. The Bertz CT molecular complexity index is 1620. The predicted octanol–water partition coefficient (Wildman–Crippen LogP) is 7.77. The van der Waals surface area contributed by atoms with E-state index in [1.165, 1.54) is 45.2 Å². The molecule has 0 fully saturated rings.